The number of rotatable bonds is 6. The molecule has 5 nitrogen and oxygen atoms in total. The molecule has 1 aliphatic carbocycles. The van der Waals surface area contributed by atoms with Gasteiger partial charge in [0.2, 0.25) is 5.91 Å². The number of amides is 1. The van der Waals surface area contributed by atoms with Gasteiger partial charge in [0.15, 0.2) is 11.5 Å². The third-order valence-corrected chi connectivity index (χ3v) is 4.92. The summed E-state index contributed by atoms with van der Waals surface area (Å²) in [5, 5.41) is 6.31. The van der Waals surface area contributed by atoms with Gasteiger partial charge in [-0.15, -0.1) is 12.4 Å². The molecule has 0 radical (unpaired) electrons. The molecule has 0 bridgehead atoms. The average Bonchev–Trinajstić information content (AvgIpc) is 3.13. The second-order valence-electron chi connectivity index (χ2n) is 6.73. The average molecular weight is 369 g/mol. The molecule has 25 heavy (non-hydrogen) atoms. The fraction of sp³-hybridized carbons (Fsp3) is 0.632. The van der Waals surface area contributed by atoms with Crippen molar-refractivity contribution in [2.24, 2.45) is 0 Å². The van der Waals surface area contributed by atoms with Crippen molar-refractivity contribution in [3.8, 4) is 11.5 Å². The number of hydrogen-bond donors (Lipinski definition) is 2. The molecule has 6 heteroatoms. The number of carbonyl (C=O) groups is 1. The molecule has 3 rings (SSSR count). The zero-order valence-electron chi connectivity index (χ0n) is 14.9. The number of carbonyl (C=O) groups excluding carboxylic acids is 1. The van der Waals surface area contributed by atoms with E-state index in [0.29, 0.717) is 6.54 Å². The largest absolute Gasteiger partial charge is 0.493 e. The van der Waals surface area contributed by atoms with E-state index >= 15 is 0 Å². The fourth-order valence-electron chi connectivity index (χ4n) is 3.50. The molecule has 1 amide bonds. The summed E-state index contributed by atoms with van der Waals surface area (Å²) in [4.78, 5) is 12.2. The van der Waals surface area contributed by atoms with Gasteiger partial charge in [-0.1, -0.05) is 12.5 Å². The minimum absolute atomic E-state index is 0. The Kier molecular flexibility index (Phi) is 7.85. The molecule has 1 atom stereocenters. The van der Waals surface area contributed by atoms with Gasteiger partial charge >= 0.3 is 0 Å². The zero-order chi connectivity index (χ0) is 16.8. The second-order valence-corrected chi connectivity index (χ2v) is 6.73. The number of nitrogens with one attached hydrogen (secondary N) is 2. The van der Waals surface area contributed by atoms with E-state index in [9.17, 15) is 4.79 Å². The van der Waals surface area contributed by atoms with Crippen LogP contribution in [0.4, 0.5) is 0 Å². The van der Waals surface area contributed by atoms with Crippen molar-refractivity contribution in [3.63, 3.8) is 0 Å². The van der Waals surface area contributed by atoms with E-state index in [1.807, 2.05) is 18.2 Å². The van der Waals surface area contributed by atoms with Gasteiger partial charge in [0.05, 0.1) is 19.3 Å². The maximum Gasteiger partial charge on any atom is 0.237 e. The summed E-state index contributed by atoms with van der Waals surface area (Å²) >= 11 is 0. The van der Waals surface area contributed by atoms with Crippen LogP contribution in [0.5, 0.6) is 11.5 Å². The van der Waals surface area contributed by atoms with Crippen molar-refractivity contribution in [2.45, 2.75) is 63.6 Å². The summed E-state index contributed by atoms with van der Waals surface area (Å²) in [6, 6.07) is 5.84. The summed E-state index contributed by atoms with van der Waals surface area (Å²) < 4.78 is 11.5. The molecule has 0 aromatic heterocycles. The van der Waals surface area contributed by atoms with Gasteiger partial charge in [0.25, 0.3) is 0 Å². The first-order valence-electron chi connectivity index (χ1n) is 9.11. The predicted octanol–water partition coefficient (Wildman–Crippen LogP) is 3.20. The molecular weight excluding hydrogens is 340 g/mol. The molecule has 2 aliphatic rings. The van der Waals surface area contributed by atoms with Gasteiger partial charge in [-0.25, -0.2) is 0 Å². The number of benzene rings is 1. The van der Waals surface area contributed by atoms with E-state index < -0.39 is 0 Å². The lowest BCUT2D eigenvalue weighted by molar-refractivity contribution is -0.123. The summed E-state index contributed by atoms with van der Waals surface area (Å²) in [6.45, 7) is 1.45. The Morgan fingerprint density at radius 3 is 2.60 bits per heavy atom. The molecule has 1 aliphatic heterocycles. The molecule has 1 aromatic rings. The van der Waals surface area contributed by atoms with Crippen LogP contribution in [0.15, 0.2) is 18.2 Å². The normalized spacial score (nSPS) is 20.6. The van der Waals surface area contributed by atoms with Crippen LogP contribution in [-0.2, 0) is 11.3 Å². The van der Waals surface area contributed by atoms with Gasteiger partial charge in [-0.3, -0.25) is 4.79 Å². The van der Waals surface area contributed by atoms with Crippen molar-refractivity contribution in [2.75, 3.05) is 13.7 Å². The molecule has 1 heterocycles. The van der Waals surface area contributed by atoms with E-state index in [-0.39, 0.29) is 30.5 Å². The number of ether oxygens (including phenoxy) is 2. The SMILES string of the molecule is COc1ccc(CNC(=O)C2CCCCN2)cc1OC1CCCC1.Cl. The van der Waals surface area contributed by atoms with Crippen LogP contribution < -0.4 is 20.1 Å². The van der Waals surface area contributed by atoms with Crippen molar-refractivity contribution >= 4 is 18.3 Å². The lowest BCUT2D eigenvalue weighted by Gasteiger charge is -2.22. The monoisotopic (exact) mass is 368 g/mol. The van der Waals surface area contributed by atoms with E-state index in [0.717, 1.165) is 55.7 Å². The van der Waals surface area contributed by atoms with Crippen LogP contribution in [-0.4, -0.2) is 31.7 Å². The summed E-state index contributed by atoms with van der Waals surface area (Å²) in [5.74, 6) is 1.63. The quantitative estimate of drug-likeness (QED) is 0.809. The highest BCUT2D eigenvalue weighted by Gasteiger charge is 2.21. The first kappa shape index (κ1) is 19.9. The lowest BCUT2D eigenvalue weighted by Crippen LogP contribution is -2.46. The Labute approximate surface area is 156 Å². The summed E-state index contributed by atoms with van der Waals surface area (Å²) in [5.41, 5.74) is 1.04. The van der Waals surface area contributed by atoms with E-state index in [1.165, 1.54) is 12.8 Å². The highest BCUT2D eigenvalue weighted by atomic mass is 35.5. The highest BCUT2D eigenvalue weighted by molar-refractivity contribution is 5.85. The molecule has 0 spiro atoms. The van der Waals surface area contributed by atoms with Gasteiger partial charge < -0.3 is 20.1 Å². The topological polar surface area (TPSA) is 59.6 Å². The van der Waals surface area contributed by atoms with Crippen LogP contribution in [0.25, 0.3) is 0 Å². The van der Waals surface area contributed by atoms with Gasteiger partial charge in [-0.2, -0.15) is 0 Å². The Hall–Kier alpha value is -1.46. The second kappa shape index (κ2) is 9.88. The number of piperidine rings is 1. The molecule has 1 saturated heterocycles. The summed E-state index contributed by atoms with van der Waals surface area (Å²) in [7, 11) is 1.66. The van der Waals surface area contributed by atoms with E-state index in [2.05, 4.69) is 10.6 Å². The van der Waals surface area contributed by atoms with Crippen LogP contribution in [0, 0.1) is 0 Å². The van der Waals surface area contributed by atoms with Crippen LogP contribution >= 0.6 is 12.4 Å². The first-order valence-corrected chi connectivity index (χ1v) is 9.11. The smallest absolute Gasteiger partial charge is 0.237 e. The Morgan fingerprint density at radius 1 is 1.16 bits per heavy atom. The minimum Gasteiger partial charge on any atom is -0.493 e. The van der Waals surface area contributed by atoms with Crippen molar-refractivity contribution in [1.29, 1.82) is 0 Å². The molecule has 2 fully saturated rings. The maximum absolute atomic E-state index is 12.2. The van der Waals surface area contributed by atoms with Gasteiger partial charge in [-0.05, 0) is 62.8 Å². The molecule has 140 valence electrons. The maximum atomic E-state index is 12.2. The first-order chi connectivity index (χ1) is 11.8. The standard InChI is InChI=1S/C19H28N2O3.ClH/c1-23-17-10-9-14(12-18(17)24-15-6-2-3-7-15)13-21-19(22)16-8-4-5-11-20-16;/h9-10,12,15-16,20H,2-8,11,13H2,1H3,(H,21,22);1H. The zero-order valence-corrected chi connectivity index (χ0v) is 15.7. The predicted molar refractivity (Wildman–Crippen MR) is 101 cm³/mol. The van der Waals surface area contributed by atoms with Crippen molar-refractivity contribution < 1.29 is 14.3 Å². The van der Waals surface area contributed by atoms with Crippen LogP contribution in [0.3, 0.4) is 0 Å². The Balaban J connectivity index is 0.00000225. The van der Waals surface area contributed by atoms with Gasteiger partial charge in [0.1, 0.15) is 0 Å². The van der Waals surface area contributed by atoms with Crippen molar-refractivity contribution in [1.82, 2.24) is 10.6 Å². The number of hydrogen-bond acceptors (Lipinski definition) is 4. The molecule has 1 saturated carbocycles. The third-order valence-electron chi connectivity index (χ3n) is 4.92. The lowest BCUT2D eigenvalue weighted by atomic mass is 10.0. The molecule has 1 aromatic carbocycles. The number of halogens is 1. The molecule has 1 unspecified atom stereocenters. The van der Waals surface area contributed by atoms with E-state index in [1.54, 1.807) is 7.11 Å². The van der Waals surface area contributed by atoms with Gasteiger partial charge in [0, 0.05) is 6.54 Å². The third kappa shape index (κ3) is 5.51. The molecular formula is C19H29ClN2O3. The molecule has 2 N–H and O–H groups in total. The summed E-state index contributed by atoms with van der Waals surface area (Å²) in [6.07, 6.45) is 8.17. The Bertz CT molecular complexity index is 556. The Morgan fingerprint density at radius 2 is 1.92 bits per heavy atom. The highest BCUT2D eigenvalue weighted by Crippen LogP contribution is 2.32. The minimum atomic E-state index is -0.0498. The fourth-order valence-corrected chi connectivity index (χ4v) is 3.50. The van der Waals surface area contributed by atoms with Crippen LogP contribution in [0.1, 0.15) is 50.5 Å². The number of methoxy groups -OCH3 is 1. The van der Waals surface area contributed by atoms with Crippen molar-refractivity contribution in [3.05, 3.63) is 23.8 Å². The van der Waals surface area contributed by atoms with E-state index in [4.69, 9.17) is 9.47 Å². The van der Waals surface area contributed by atoms with Crippen LogP contribution in [0.2, 0.25) is 0 Å².